The van der Waals surface area contributed by atoms with Crippen LogP contribution < -0.4 is 5.32 Å². The molecule has 0 fully saturated rings. The SMILES string of the molecule is C=C(C)C(=O)OCCNC(=O)c1cc2ccccc2cc1O. The van der Waals surface area contributed by atoms with Gasteiger partial charge < -0.3 is 15.2 Å². The molecule has 0 aliphatic carbocycles. The Morgan fingerprint density at radius 1 is 1.23 bits per heavy atom. The van der Waals surface area contributed by atoms with Gasteiger partial charge >= 0.3 is 5.97 Å². The molecule has 22 heavy (non-hydrogen) atoms. The van der Waals surface area contributed by atoms with Gasteiger partial charge in [-0.2, -0.15) is 0 Å². The van der Waals surface area contributed by atoms with Crippen LogP contribution in [0.2, 0.25) is 0 Å². The van der Waals surface area contributed by atoms with Gasteiger partial charge in [0.2, 0.25) is 0 Å². The Morgan fingerprint density at radius 2 is 1.86 bits per heavy atom. The summed E-state index contributed by atoms with van der Waals surface area (Å²) in [6.45, 7) is 5.22. The summed E-state index contributed by atoms with van der Waals surface area (Å²) in [5.41, 5.74) is 0.489. The van der Waals surface area contributed by atoms with Crippen molar-refractivity contribution in [1.29, 1.82) is 0 Å². The molecule has 0 bridgehead atoms. The van der Waals surface area contributed by atoms with E-state index in [4.69, 9.17) is 4.74 Å². The molecule has 0 radical (unpaired) electrons. The quantitative estimate of drug-likeness (QED) is 0.505. The average molecular weight is 299 g/mol. The Balaban J connectivity index is 1.99. The first kappa shape index (κ1) is 15.6. The molecule has 0 saturated heterocycles. The lowest BCUT2D eigenvalue weighted by Gasteiger charge is -2.09. The van der Waals surface area contributed by atoms with Gasteiger partial charge in [-0.25, -0.2) is 4.79 Å². The van der Waals surface area contributed by atoms with Crippen LogP contribution in [0.3, 0.4) is 0 Å². The monoisotopic (exact) mass is 299 g/mol. The molecule has 2 aromatic carbocycles. The van der Waals surface area contributed by atoms with Crippen molar-refractivity contribution in [3.63, 3.8) is 0 Å². The second kappa shape index (κ2) is 6.76. The molecule has 0 aromatic heterocycles. The summed E-state index contributed by atoms with van der Waals surface area (Å²) < 4.78 is 4.87. The van der Waals surface area contributed by atoms with E-state index < -0.39 is 11.9 Å². The van der Waals surface area contributed by atoms with Crippen LogP contribution in [-0.2, 0) is 9.53 Å². The smallest absolute Gasteiger partial charge is 0.333 e. The number of phenolic OH excluding ortho intramolecular Hbond substituents is 1. The minimum atomic E-state index is -0.497. The molecule has 114 valence electrons. The molecule has 2 N–H and O–H groups in total. The van der Waals surface area contributed by atoms with Gasteiger partial charge in [0.1, 0.15) is 12.4 Å². The lowest BCUT2D eigenvalue weighted by Crippen LogP contribution is -2.28. The number of rotatable bonds is 5. The van der Waals surface area contributed by atoms with Gasteiger partial charge in [0, 0.05) is 5.57 Å². The number of fused-ring (bicyclic) bond motifs is 1. The summed E-state index contributed by atoms with van der Waals surface area (Å²) in [6, 6.07) is 10.6. The first-order valence-corrected chi connectivity index (χ1v) is 6.81. The van der Waals surface area contributed by atoms with Gasteiger partial charge in [-0.1, -0.05) is 30.8 Å². The van der Waals surface area contributed by atoms with Crippen LogP contribution in [0.4, 0.5) is 0 Å². The highest BCUT2D eigenvalue weighted by Crippen LogP contribution is 2.24. The Labute approximate surface area is 128 Å². The van der Waals surface area contributed by atoms with Gasteiger partial charge in [-0.15, -0.1) is 0 Å². The molecule has 0 heterocycles. The fourth-order valence-electron chi connectivity index (χ4n) is 1.94. The maximum Gasteiger partial charge on any atom is 0.333 e. The van der Waals surface area contributed by atoms with Crippen molar-refractivity contribution in [2.24, 2.45) is 0 Å². The van der Waals surface area contributed by atoms with Crippen LogP contribution in [0.1, 0.15) is 17.3 Å². The van der Waals surface area contributed by atoms with Crippen molar-refractivity contribution in [2.45, 2.75) is 6.92 Å². The Kier molecular flexibility index (Phi) is 4.78. The van der Waals surface area contributed by atoms with Gasteiger partial charge in [0.05, 0.1) is 12.1 Å². The van der Waals surface area contributed by atoms with Crippen LogP contribution >= 0.6 is 0 Å². The average Bonchev–Trinajstić information content (AvgIpc) is 2.50. The van der Waals surface area contributed by atoms with E-state index in [1.165, 1.54) is 0 Å². The Bertz CT molecular complexity index is 737. The topological polar surface area (TPSA) is 75.6 Å². The third kappa shape index (κ3) is 3.63. The predicted octanol–water partition coefficient (Wildman–Crippen LogP) is 2.39. The minimum Gasteiger partial charge on any atom is -0.507 e. The number of esters is 1. The van der Waals surface area contributed by atoms with Crippen molar-refractivity contribution in [1.82, 2.24) is 5.32 Å². The summed E-state index contributed by atoms with van der Waals surface area (Å²) in [5.74, 6) is -1.01. The third-order valence-corrected chi connectivity index (χ3v) is 3.08. The summed E-state index contributed by atoms with van der Waals surface area (Å²) >= 11 is 0. The predicted molar refractivity (Wildman–Crippen MR) is 83.7 cm³/mol. The second-order valence-corrected chi connectivity index (χ2v) is 4.89. The minimum absolute atomic E-state index is 0.0474. The van der Waals surface area contributed by atoms with E-state index in [0.717, 1.165) is 10.8 Å². The number of hydrogen-bond donors (Lipinski definition) is 2. The fourth-order valence-corrected chi connectivity index (χ4v) is 1.94. The molecule has 5 nitrogen and oxygen atoms in total. The van der Waals surface area contributed by atoms with Crippen LogP contribution in [0.5, 0.6) is 5.75 Å². The van der Waals surface area contributed by atoms with Crippen LogP contribution in [0, 0.1) is 0 Å². The van der Waals surface area contributed by atoms with Crippen molar-refractivity contribution in [3.8, 4) is 5.75 Å². The molecule has 0 atom stereocenters. The lowest BCUT2D eigenvalue weighted by molar-refractivity contribution is -0.138. The lowest BCUT2D eigenvalue weighted by atomic mass is 10.1. The standard InChI is InChI=1S/C17H17NO4/c1-11(2)17(21)22-8-7-18-16(20)14-9-12-5-3-4-6-13(12)10-15(14)19/h3-6,9-10,19H,1,7-8H2,2H3,(H,18,20). The van der Waals surface area contributed by atoms with Gasteiger partial charge in [-0.05, 0) is 29.8 Å². The highest BCUT2D eigenvalue weighted by molar-refractivity contribution is 6.01. The van der Waals surface area contributed by atoms with Crippen LogP contribution in [0.15, 0.2) is 48.6 Å². The number of aromatic hydroxyl groups is 1. The molecule has 0 aliphatic heterocycles. The molecule has 1 amide bonds. The molecule has 2 rings (SSSR count). The number of carbonyl (C=O) groups excluding carboxylic acids is 2. The maximum atomic E-state index is 12.1. The number of carbonyl (C=O) groups is 2. The highest BCUT2D eigenvalue weighted by atomic mass is 16.5. The first-order chi connectivity index (χ1) is 10.5. The number of hydrogen-bond acceptors (Lipinski definition) is 4. The summed E-state index contributed by atoms with van der Waals surface area (Å²) in [5, 5.41) is 14.2. The number of phenols is 1. The molecular formula is C17H17NO4. The Hall–Kier alpha value is -2.82. The van der Waals surface area contributed by atoms with E-state index in [9.17, 15) is 14.7 Å². The summed E-state index contributed by atoms with van der Waals surface area (Å²) in [7, 11) is 0. The fraction of sp³-hybridized carbons (Fsp3) is 0.176. The largest absolute Gasteiger partial charge is 0.507 e. The second-order valence-electron chi connectivity index (χ2n) is 4.89. The van der Waals surface area contributed by atoms with Crippen molar-refractivity contribution in [2.75, 3.05) is 13.2 Å². The number of ether oxygens (including phenoxy) is 1. The molecular weight excluding hydrogens is 282 g/mol. The van der Waals surface area contributed by atoms with E-state index in [2.05, 4.69) is 11.9 Å². The van der Waals surface area contributed by atoms with E-state index in [1.54, 1.807) is 19.1 Å². The molecule has 0 spiro atoms. The van der Waals surface area contributed by atoms with Gasteiger partial charge in [0.25, 0.3) is 5.91 Å². The van der Waals surface area contributed by atoms with Crippen molar-refractivity contribution >= 4 is 22.6 Å². The normalized spacial score (nSPS) is 10.2. The zero-order chi connectivity index (χ0) is 16.1. The van der Waals surface area contributed by atoms with E-state index in [1.807, 2.05) is 24.3 Å². The zero-order valence-electron chi connectivity index (χ0n) is 12.3. The van der Waals surface area contributed by atoms with Gasteiger partial charge in [-0.3, -0.25) is 4.79 Å². The van der Waals surface area contributed by atoms with Crippen LogP contribution in [-0.4, -0.2) is 30.1 Å². The molecule has 0 aliphatic rings. The molecule has 5 heteroatoms. The third-order valence-electron chi connectivity index (χ3n) is 3.08. The number of amides is 1. The zero-order valence-corrected chi connectivity index (χ0v) is 12.3. The van der Waals surface area contributed by atoms with Crippen LogP contribution in [0.25, 0.3) is 10.8 Å². The van der Waals surface area contributed by atoms with Crippen molar-refractivity contribution < 1.29 is 19.4 Å². The van der Waals surface area contributed by atoms with E-state index in [0.29, 0.717) is 5.57 Å². The summed E-state index contributed by atoms with van der Waals surface area (Å²) in [4.78, 5) is 23.2. The Morgan fingerprint density at radius 3 is 2.50 bits per heavy atom. The number of benzene rings is 2. The number of nitrogens with one attached hydrogen (secondary N) is 1. The summed E-state index contributed by atoms with van der Waals surface area (Å²) in [6.07, 6.45) is 0. The van der Waals surface area contributed by atoms with E-state index >= 15 is 0 Å². The first-order valence-electron chi connectivity index (χ1n) is 6.81. The molecule has 0 saturated carbocycles. The maximum absolute atomic E-state index is 12.1. The van der Waals surface area contributed by atoms with E-state index in [-0.39, 0.29) is 24.5 Å². The van der Waals surface area contributed by atoms with Gasteiger partial charge in [0.15, 0.2) is 0 Å². The molecule has 0 unspecified atom stereocenters. The molecule has 2 aromatic rings. The highest BCUT2D eigenvalue weighted by Gasteiger charge is 2.12. The van der Waals surface area contributed by atoms with Crippen molar-refractivity contribution in [3.05, 3.63) is 54.1 Å².